The first-order valence-electron chi connectivity index (χ1n) is 6.96. The number of rotatable bonds is 7. The monoisotopic (exact) mass is 275 g/mol. The second-order valence-corrected chi connectivity index (χ2v) is 4.57. The Morgan fingerprint density at radius 1 is 1.30 bits per heavy atom. The standard InChI is InChI=1S/C14H21N5O/c1-4-6-15-7-12-8-16-14(18-11(12)3)20-13-9-17-19(5-2)10-13/h8-10,15H,4-7H2,1-3H3. The van der Waals surface area contributed by atoms with Crippen LogP contribution in [-0.2, 0) is 13.1 Å². The minimum absolute atomic E-state index is 0.359. The van der Waals surface area contributed by atoms with E-state index in [1.54, 1.807) is 10.9 Å². The first-order chi connectivity index (χ1) is 9.72. The quantitative estimate of drug-likeness (QED) is 0.785. The highest BCUT2D eigenvalue weighted by Gasteiger charge is 2.06. The van der Waals surface area contributed by atoms with Crippen molar-refractivity contribution < 1.29 is 4.74 Å². The van der Waals surface area contributed by atoms with Crippen LogP contribution in [0.1, 0.15) is 31.5 Å². The summed E-state index contributed by atoms with van der Waals surface area (Å²) < 4.78 is 7.39. The number of nitrogens with zero attached hydrogens (tertiary/aromatic N) is 4. The van der Waals surface area contributed by atoms with Crippen LogP contribution in [0, 0.1) is 6.92 Å². The van der Waals surface area contributed by atoms with Gasteiger partial charge in [-0.25, -0.2) is 4.98 Å². The van der Waals surface area contributed by atoms with Crippen LogP contribution in [-0.4, -0.2) is 26.3 Å². The molecule has 2 heterocycles. The molecule has 0 aliphatic carbocycles. The Morgan fingerprint density at radius 3 is 2.80 bits per heavy atom. The molecule has 2 aromatic heterocycles. The van der Waals surface area contributed by atoms with Crippen molar-refractivity contribution in [2.45, 2.75) is 40.3 Å². The average Bonchev–Trinajstić information content (AvgIpc) is 2.89. The molecule has 0 bridgehead atoms. The summed E-state index contributed by atoms with van der Waals surface area (Å²) in [6.45, 7) is 8.72. The van der Waals surface area contributed by atoms with E-state index in [2.05, 4.69) is 27.3 Å². The van der Waals surface area contributed by atoms with Crippen molar-refractivity contribution in [3.05, 3.63) is 29.8 Å². The van der Waals surface area contributed by atoms with E-state index < -0.39 is 0 Å². The van der Waals surface area contributed by atoms with Gasteiger partial charge in [0.25, 0.3) is 0 Å². The van der Waals surface area contributed by atoms with E-state index in [1.807, 2.05) is 26.2 Å². The van der Waals surface area contributed by atoms with E-state index >= 15 is 0 Å². The zero-order valence-electron chi connectivity index (χ0n) is 12.3. The predicted octanol–water partition coefficient (Wildman–Crippen LogP) is 2.29. The molecular weight excluding hydrogens is 254 g/mol. The lowest BCUT2D eigenvalue weighted by Gasteiger charge is -2.07. The highest BCUT2D eigenvalue weighted by Crippen LogP contribution is 2.17. The van der Waals surface area contributed by atoms with Crippen LogP contribution in [0.2, 0.25) is 0 Å². The SMILES string of the molecule is CCCNCc1cnc(Oc2cnn(CC)c2)nc1C. The highest BCUT2D eigenvalue weighted by molar-refractivity contribution is 5.21. The summed E-state index contributed by atoms with van der Waals surface area (Å²) >= 11 is 0. The van der Waals surface area contributed by atoms with Crippen molar-refractivity contribution in [2.24, 2.45) is 0 Å². The smallest absolute Gasteiger partial charge is 0.322 e. The van der Waals surface area contributed by atoms with Gasteiger partial charge in [0.2, 0.25) is 0 Å². The van der Waals surface area contributed by atoms with Gasteiger partial charge in [-0.1, -0.05) is 6.92 Å². The Kier molecular flexibility index (Phi) is 5.06. The fourth-order valence-electron chi connectivity index (χ4n) is 1.77. The third-order valence-corrected chi connectivity index (χ3v) is 2.94. The van der Waals surface area contributed by atoms with Gasteiger partial charge >= 0.3 is 6.01 Å². The molecule has 0 spiro atoms. The van der Waals surface area contributed by atoms with Gasteiger partial charge in [0, 0.05) is 30.5 Å². The van der Waals surface area contributed by atoms with Gasteiger partial charge in [-0.15, -0.1) is 0 Å². The van der Waals surface area contributed by atoms with E-state index in [0.717, 1.165) is 37.3 Å². The van der Waals surface area contributed by atoms with E-state index in [0.29, 0.717) is 11.8 Å². The molecule has 108 valence electrons. The molecule has 2 aromatic rings. The van der Waals surface area contributed by atoms with E-state index in [4.69, 9.17) is 4.74 Å². The molecule has 0 radical (unpaired) electrons. The van der Waals surface area contributed by atoms with Crippen LogP contribution in [0.3, 0.4) is 0 Å². The fourth-order valence-corrected chi connectivity index (χ4v) is 1.77. The molecule has 0 aliphatic heterocycles. The summed E-state index contributed by atoms with van der Waals surface area (Å²) in [6.07, 6.45) is 6.42. The Morgan fingerprint density at radius 2 is 2.15 bits per heavy atom. The summed E-state index contributed by atoms with van der Waals surface area (Å²) in [7, 11) is 0. The molecule has 0 saturated carbocycles. The molecule has 0 aromatic carbocycles. The first-order valence-corrected chi connectivity index (χ1v) is 6.96. The molecule has 0 amide bonds. The van der Waals surface area contributed by atoms with Crippen molar-refractivity contribution >= 4 is 0 Å². The summed E-state index contributed by atoms with van der Waals surface area (Å²) in [5.74, 6) is 0.656. The number of ether oxygens (including phenoxy) is 1. The van der Waals surface area contributed by atoms with Gasteiger partial charge in [-0.2, -0.15) is 10.1 Å². The summed E-state index contributed by atoms with van der Waals surface area (Å²) in [4.78, 5) is 8.61. The Hall–Kier alpha value is -1.95. The van der Waals surface area contributed by atoms with Crippen LogP contribution < -0.4 is 10.1 Å². The van der Waals surface area contributed by atoms with Crippen LogP contribution in [0.5, 0.6) is 11.8 Å². The Labute approximate surface area is 119 Å². The predicted molar refractivity (Wildman–Crippen MR) is 76.7 cm³/mol. The van der Waals surface area contributed by atoms with Crippen LogP contribution in [0.15, 0.2) is 18.6 Å². The van der Waals surface area contributed by atoms with Gasteiger partial charge in [0.15, 0.2) is 5.75 Å². The molecule has 0 atom stereocenters. The number of nitrogens with one attached hydrogen (secondary N) is 1. The average molecular weight is 275 g/mol. The lowest BCUT2D eigenvalue weighted by Crippen LogP contribution is -2.15. The van der Waals surface area contributed by atoms with Gasteiger partial charge in [-0.3, -0.25) is 4.68 Å². The molecule has 20 heavy (non-hydrogen) atoms. The molecule has 2 rings (SSSR count). The molecule has 1 N–H and O–H groups in total. The second-order valence-electron chi connectivity index (χ2n) is 4.57. The Balaban J connectivity index is 2.01. The molecular formula is C14H21N5O. The summed E-state index contributed by atoms with van der Waals surface area (Å²) in [5, 5.41) is 7.48. The third kappa shape index (κ3) is 3.77. The number of aromatic nitrogens is 4. The third-order valence-electron chi connectivity index (χ3n) is 2.94. The van der Waals surface area contributed by atoms with Gasteiger partial charge in [0.1, 0.15) is 0 Å². The van der Waals surface area contributed by atoms with Gasteiger partial charge in [0.05, 0.1) is 12.4 Å². The van der Waals surface area contributed by atoms with Crippen LogP contribution in [0.25, 0.3) is 0 Å². The van der Waals surface area contributed by atoms with Gasteiger partial charge < -0.3 is 10.1 Å². The molecule has 6 heteroatoms. The lowest BCUT2D eigenvalue weighted by molar-refractivity contribution is 0.438. The zero-order chi connectivity index (χ0) is 14.4. The number of hydrogen-bond donors (Lipinski definition) is 1. The fraction of sp³-hybridized carbons (Fsp3) is 0.500. The van der Waals surface area contributed by atoms with Crippen molar-refractivity contribution in [2.75, 3.05) is 6.54 Å². The van der Waals surface area contributed by atoms with Crippen LogP contribution >= 0.6 is 0 Å². The molecule has 6 nitrogen and oxygen atoms in total. The second kappa shape index (κ2) is 7.00. The molecule has 0 aliphatic rings. The highest BCUT2D eigenvalue weighted by atomic mass is 16.5. The normalized spacial score (nSPS) is 10.8. The zero-order valence-corrected chi connectivity index (χ0v) is 12.3. The maximum Gasteiger partial charge on any atom is 0.322 e. The van der Waals surface area contributed by atoms with Crippen molar-refractivity contribution in [3.63, 3.8) is 0 Å². The number of hydrogen-bond acceptors (Lipinski definition) is 5. The minimum Gasteiger partial charge on any atom is -0.421 e. The Bertz CT molecular complexity index is 552. The molecule has 0 fully saturated rings. The summed E-state index contributed by atoms with van der Waals surface area (Å²) in [5.41, 5.74) is 2.02. The van der Waals surface area contributed by atoms with Gasteiger partial charge in [-0.05, 0) is 26.8 Å². The van der Waals surface area contributed by atoms with Crippen molar-refractivity contribution in [1.82, 2.24) is 25.1 Å². The topological polar surface area (TPSA) is 64.9 Å². The van der Waals surface area contributed by atoms with Crippen molar-refractivity contribution in [1.29, 1.82) is 0 Å². The van der Waals surface area contributed by atoms with Crippen LogP contribution in [0.4, 0.5) is 0 Å². The number of aryl methyl sites for hydroxylation is 2. The minimum atomic E-state index is 0.359. The molecule has 0 unspecified atom stereocenters. The van der Waals surface area contributed by atoms with E-state index in [-0.39, 0.29) is 0 Å². The summed E-state index contributed by atoms with van der Waals surface area (Å²) in [6, 6.07) is 0.359. The van der Waals surface area contributed by atoms with E-state index in [1.165, 1.54) is 0 Å². The largest absolute Gasteiger partial charge is 0.421 e. The maximum absolute atomic E-state index is 5.60. The first kappa shape index (κ1) is 14.5. The lowest BCUT2D eigenvalue weighted by atomic mass is 10.2. The van der Waals surface area contributed by atoms with Crippen molar-refractivity contribution in [3.8, 4) is 11.8 Å². The maximum atomic E-state index is 5.60. The van der Waals surface area contributed by atoms with E-state index in [9.17, 15) is 0 Å². The molecule has 0 saturated heterocycles.